The van der Waals surface area contributed by atoms with Gasteiger partial charge in [0.05, 0.1) is 12.1 Å². The summed E-state index contributed by atoms with van der Waals surface area (Å²) in [5.41, 5.74) is -0.758. The van der Waals surface area contributed by atoms with Gasteiger partial charge in [-0.3, -0.25) is 9.59 Å². The predicted octanol–water partition coefficient (Wildman–Crippen LogP) is 1.71. The molecule has 0 bridgehead atoms. The highest BCUT2D eigenvalue weighted by Crippen LogP contribution is 2.22. The van der Waals surface area contributed by atoms with Gasteiger partial charge in [-0.2, -0.15) is 5.10 Å². The van der Waals surface area contributed by atoms with Gasteiger partial charge in [0.2, 0.25) is 0 Å². The van der Waals surface area contributed by atoms with Crippen molar-refractivity contribution in [2.75, 3.05) is 0 Å². The van der Waals surface area contributed by atoms with E-state index in [0.717, 1.165) is 29.0 Å². The Labute approximate surface area is 150 Å². The van der Waals surface area contributed by atoms with E-state index in [-0.39, 0.29) is 47.4 Å². The molecule has 0 atom stereocenters. The van der Waals surface area contributed by atoms with E-state index in [4.69, 9.17) is 5.11 Å². The molecule has 10 heteroatoms. The van der Waals surface area contributed by atoms with Crippen LogP contribution in [0.15, 0.2) is 35.4 Å². The molecular formula is C16H12ClF2N3O4. The Bertz CT molecular complexity index is 1100. The van der Waals surface area contributed by atoms with Crippen LogP contribution in [0.4, 0.5) is 8.78 Å². The number of hydrogen-bond donors (Lipinski definition) is 2. The van der Waals surface area contributed by atoms with Crippen LogP contribution in [0.25, 0.3) is 22.7 Å². The summed E-state index contributed by atoms with van der Waals surface area (Å²) in [6.45, 7) is 0. The maximum atomic E-state index is 14.0. The highest BCUT2D eigenvalue weighted by molar-refractivity contribution is 5.85. The Morgan fingerprint density at radius 2 is 1.88 bits per heavy atom. The third-order valence-electron chi connectivity index (χ3n) is 3.59. The minimum Gasteiger partial charge on any atom is -0.511 e. The maximum absolute atomic E-state index is 14.0. The van der Waals surface area contributed by atoms with E-state index in [9.17, 15) is 23.5 Å². The number of carboxylic acid groups (broad SMARTS) is 1. The summed E-state index contributed by atoms with van der Waals surface area (Å²) in [7, 11) is 0. The number of fused-ring (bicyclic) bond motifs is 1. The smallest absolute Gasteiger partial charge is 0.303 e. The quantitative estimate of drug-likeness (QED) is 0.710. The van der Waals surface area contributed by atoms with Gasteiger partial charge >= 0.3 is 5.97 Å². The van der Waals surface area contributed by atoms with Gasteiger partial charge < -0.3 is 10.2 Å². The second kappa shape index (κ2) is 7.44. The molecule has 2 aromatic heterocycles. The van der Waals surface area contributed by atoms with Gasteiger partial charge in [-0.1, -0.05) is 0 Å². The van der Waals surface area contributed by atoms with Crippen LogP contribution >= 0.6 is 12.4 Å². The zero-order valence-electron chi connectivity index (χ0n) is 13.0. The van der Waals surface area contributed by atoms with Crippen molar-refractivity contribution in [3.05, 3.63) is 57.7 Å². The summed E-state index contributed by atoms with van der Waals surface area (Å²) in [5, 5.41) is 22.5. The SMILES string of the molecule is Cl.O=C(O)CCC(O)=c1c(=O)cc(-c2ccc(F)cc2F)n2ncnc12. The summed E-state index contributed by atoms with van der Waals surface area (Å²) in [6, 6.07) is 3.90. The molecule has 0 saturated carbocycles. The van der Waals surface area contributed by atoms with E-state index in [0.29, 0.717) is 6.07 Å². The molecule has 0 aliphatic heterocycles. The standard InChI is InChI=1S/C16H11F2N3O4.ClH/c17-8-1-2-9(10(18)5-8)11-6-13(23)15(12(22)3-4-14(24)25)16-19-7-20-21(11)16;/h1-2,5-7,22H,3-4H2,(H,24,25);1H. The maximum Gasteiger partial charge on any atom is 0.303 e. The van der Waals surface area contributed by atoms with Crippen LogP contribution in [0.1, 0.15) is 12.8 Å². The summed E-state index contributed by atoms with van der Waals surface area (Å²) in [6.07, 6.45) is 0.463. The minimum atomic E-state index is -1.14. The average Bonchev–Trinajstić information content (AvgIpc) is 3.01. The molecule has 7 nitrogen and oxygen atoms in total. The number of hydrogen-bond acceptors (Lipinski definition) is 5. The van der Waals surface area contributed by atoms with E-state index >= 15 is 0 Å². The zero-order chi connectivity index (χ0) is 18.1. The molecule has 0 amide bonds. The molecule has 2 heterocycles. The van der Waals surface area contributed by atoms with E-state index < -0.39 is 28.8 Å². The van der Waals surface area contributed by atoms with Gasteiger partial charge in [-0.05, 0) is 12.1 Å². The van der Waals surface area contributed by atoms with Crippen LogP contribution in [0, 0.1) is 11.6 Å². The average molecular weight is 384 g/mol. The van der Waals surface area contributed by atoms with Gasteiger partial charge in [0.1, 0.15) is 28.9 Å². The number of carbonyl (C=O) groups is 1. The number of aliphatic carboxylic acids is 1. The van der Waals surface area contributed by atoms with Crippen LogP contribution in [0.5, 0.6) is 0 Å². The summed E-state index contributed by atoms with van der Waals surface area (Å²) in [4.78, 5) is 26.9. The largest absolute Gasteiger partial charge is 0.511 e. The number of aliphatic hydroxyl groups excluding tert-OH is 1. The van der Waals surface area contributed by atoms with Gasteiger partial charge in [-0.15, -0.1) is 12.4 Å². The molecule has 26 heavy (non-hydrogen) atoms. The van der Waals surface area contributed by atoms with Crippen LogP contribution in [0.2, 0.25) is 0 Å². The first kappa shape index (κ1) is 19.3. The number of carboxylic acids is 1. The van der Waals surface area contributed by atoms with Crippen LogP contribution in [0.3, 0.4) is 0 Å². The lowest BCUT2D eigenvalue weighted by atomic mass is 10.1. The van der Waals surface area contributed by atoms with Crippen molar-refractivity contribution in [1.82, 2.24) is 14.6 Å². The van der Waals surface area contributed by atoms with E-state index in [1.165, 1.54) is 0 Å². The molecule has 0 aliphatic carbocycles. The molecule has 0 unspecified atom stereocenters. The van der Waals surface area contributed by atoms with Crippen molar-refractivity contribution in [2.24, 2.45) is 0 Å². The molecule has 1 aromatic carbocycles. The fraction of sp³-hybridized carbons (Fsp3) is 0.125. The number of rotatable bonds is 4. The number of pyridine rings is 1. The highest BCUT2D eigenvalue weighted by atomic mass is 35.5. The van der Waals surface area contributed by atoms with Crippen LogP contribution in [-0.2, 0) is 4.79 Å². The van der Waals surface area contributed by atoms with Gasteiger partial charge in [-0.25, -0.2) is 18.3 Å². The lowest BCUT2D eigenvalue weighted by Gasteiger charge is -2.06. The molecular weight excluding hydrogens is 372 g/mol. The minimum absolute atomic E-state index is 0. The Morgan fingerprint density at radius 3 is 2.54 bits per heavy atom. The fourth-order valence-corrected chi connectivity index (χ4v) is 2.47. The molecule has 2 N–H and O–H groups in total. The van der Waals surface area contributed by atoms with E-state index in [1.54, 1.807) is 0 Å². The summed E-state index contributed by atoms with van der Waals surface area (Å²) < 4.78 is 28.3. The van der Waals surface area contributed by atoms with Crippen molar-refractivity contribution >= 4 is 29.8 Å². The normalized spacial score (nSPS) is 11.9. The van der Waals surface area contributed by atoms with Crippen molar-refractivity contribution in [1.29, 1.82) is 0 Å². The molecule has 0 saturated heterocycles. The van der Waals surface area contributed by atoms with Crippen molar-refractivity contribution in [2.45, 2.75) is 12.8 Å². The van der Waals surface area contributed by atoms with Crippen molar-refractivity contribution in [3.63, 3.8) is 0 Å². The Balaban J connectivity index is 0.00000243. The number of halogens is 3. The first-order chi connectivity index (χ1) is 11.9. The molecule has 3 rings (SSSR count). The molecule has 0 radical (unpaired) electrons. The molecule has 0 fully saturated rings. The number of aliphatic hydroxyl groups is 1. The fourth-order valence-electron chi connectivity index (χ4n) is 2.47. The Kier molecular flexibility index (Phi) is 5.51. The van der Waals surface area contributed by atoms with Gasteiger partial charge in [0, 0.05) is 24.1 Å². The molecule has 0 spiro atoms. The second-order valence-electron chi connectivity index (χ2n) is 5.23. The van der Waals surface area contributed by atoms with Crippen molar-refractivity contribution in [3.8, 4) is 11.3 Å². The topological polar surface area (TPSA) is 105 Å². The Morgan fingerprint density at radius 1 is 1.15 bits per heavy atom. The first-order valence-corrected chi connectivity index (χ1v) is 7.14. The molecule has 136 valence electrons. The molecule has 0 aliphatic rings. The summed E-state index contributed by atoms with van der Waals surface area (Å²) in [5.74, 6) is -3.24. The zero-order valence-corrected chi connectivity index (χ0v) is 13.8. The van der Waals surface area contributed by atoms with Crippen LogP contribution in [-0.4, -0.2) is 30.8 Å². The Hall–Kier alpha value is -3.07. The third-order valence-corrected chi connectivity index (χ3v) is 3.59. The van der Waals surface area contributed by atoms with Gasteiger partial charge in [0.15, 0.2) is 11.1 Å². The lowest BCUT2D eigenvalue weighted by molar-refractivity contribution is -0.136. The number of nitrogens with zero attached hydrogens (tertiary/aromatic N) is 3. The lowest BCUT2D eigenvalue weighted by Crippen LogP contribution is -2.30. The number of benzene rings is 1. The highest BCUT2D eigenvalue weighted by Gasteiger charge is 2.16. The van der Waals surface area contributed by atoms with E-state index in [1.807, 2.05) is 0 Å². The van der Waals surface area contributed by atoms with Gasteiger partial charge in [0.25, 0.3) is 0 Å². The molecule has 3 aromatic rings. The summed E-state index contributed by atoms with van der Waals surface area (Å²) >= 11 is 0. The second-order valence-corrected chi connectivity index (χ2v) is 5.23. The number of aromatic nitrogens is 3. The van der Waals surface area contributed by atoms with Crippen LogP contribution < -0.4 is 10.6 Å². The van der Waals surface area contributed by atoms with Crippen molar-refractivity contribution < 1.29 is 23.8 Å². The monoisotopic (exact) mass is 383 g/mol. The first-order valence-electron chi connectivity index (χ1n) is 7.14. The van der Waals surface area contributed by atoms with E-state index in [2.05, 4.69) is 10.1 Å². The third kappa shape index (κ3) is 3.47. The predicted molar refractivity (Wildman–Crippen MR) is 90.0 cm³/mol.